The summed E-state index contributed by atoms with van der Waals surface area (Å²) in [6.07, 6.45) is 0.627. The maximum Gasteiger partial charge on any atom is 0.315 e. The maximum atomic E-state index is 11.6. The first-order chi connectivity index (χ1) is 10.1. The van der Waals surface area contributed by atoms with Crippen LogP contribution in [-0.2, 0) is 13.6 Å². The number of carbonyl (C=O) groups excluding carboxylic acids is 1. The molecule has 0 saturated carbocycles. The molecule has 1 aromatic carbocycles. The van der Waals surface area contributed by atoms with Gasteiger partial charge in [-0.15, -0.1) is 0 Å². The minimum Gasteiger partial charge on any atom is -0.387 e. The van der Waals surface area contributed by atoms with Crippen molar-refractivity contribution in [2.24, 2.45) is 7.05 Å². The van der Waals surface area contributed by atoms with E-state index in [9.17, 15) is 9.90 Å². The second-order valence-electron chi connectivity index (χ2n) is 4.43. The number of amides is 2. The third kappa shape index (κ3) is 4.44. The van der Waals surface area contributed by atoms with E-state index in [0.717, 1.165) is 0 Å². The van der Waals surface area contributed by atoms with Gasteiger partial charge in [-0.3, -0.25) is 4.68 Å². The highest BCUT2D eigenvalue weighted by Crippen LogP contribution is 2.15. The molecule has 7 nitrogen and oxygen atoms in total. The molecule has 1 aromatic heterocycles. The number of urea groups is 1. The summed E-state index contributed by atoms with van der Waals surface area (Å²) in [5.74, 6) is 0.642. The Morgan fingerprint density at radius 1 is 1.38 bits per heavy atom. The van der Waals surface area contributed by atoms with Crippen molar-refractivity contribution in [2.75, 3.05) is 6.54 Å². The predicted molar refractivity (Wildman–Crippen MR) is 77.7 cm³/mol. The largest absolute Gasteiger partial charge is 0.387 e. The number of hydrogen-bond acceptors (Lipinski definition) is 4. The quantitative estimate of drug-likeness (QED) is 0.768. The molecular weight excluding hydrogens is 294 g/mol. The van der Waals surface area contributed by atoms with Crippen LogP contribution in [0.25, 0.3) is 0 Å². The minimum atomic E-state index is -0.789. The van der Waals surface area contributed by atoms with Gasteiger partial charge in [0.25, 0.3) is 0 Å². The highest BCUT2D eigenvalue weighted by molar-refractivity contribution is 6.30. The molecule has 8 heteroatoms. The van der Waals surface area contributed by atoms with Crippen molar-refractivity contribution in [3.63, 3.8) is 0 Å². The van der Waals surface area contributed by atoms with Crippen molar-refractivity contribution < 1.29 is 9.90 Å². The third-order valence-electron chi connectivity index (χ3n) is 2.92. The molecule has 21 heavy (non-hydrogen) atoms. The van der Waals surface area contributed by atoms with Crippen LogP contribution in [0, 0.1) is 0 Å². The summed E-state index contributed by atoms with van der Waals surface area (Å²) < 4.78 is 1.57. The van der Waals surface area contributed by atoms with Gasteiger partial charge in [0, 0.05) is 18.6 Å². The highest BCUT2D eigenvalue weighted by Gasteiger charge is 2.10. The van der Waals surface area contributed by atoms with Crippen LogP contribution in [0.3, 0.4) is 0 Å². The number of aromatic nitrogens is 3. The van der Waals surface area contributed by atoms with Gasteiger partial charge < -0.3 is 15.7 Å². The number of nitrogens with one attached hydrogen (secondary N) is 2. The lowest BCUT2D eigenvalue weighted by Crippen LogP contribution is -2.37. The molecule has 1 unspecified atom stereocenters. The molecule has 2 rings (SSSR count). The molecule has 0 aliphatic carbocycles. The standard InChI is InChI=1S/C13H16ClN5O2/c1-19-12(17-8-18-19)7-16-13(21)15-6-11(20)9-2-4-10(14)5-3-9/h2-5,8,11,20H,6-7H2,1H3,(H2,15,16,21). The lowest BCUT2D eigenvalue weighted by molar-refractivity contribution is 0.173. The SMILES string of the molecule is Cn1ncnc1CNC(=O)NCC(O)c1ccc(Cl)cc1. The normalized spacial score (nSPS) is 12.0. The molecular formula is C13H16ClN5O2. The molecule has 1 heterocycles. The number of halogens is 1. The Bertz CT molecular complexity index is 599. The molecule has 0 aliphatic heterocycles. The summed E-state index contributed by atoms with van der Waals surface area (Å²) >= 11 is 5.77. The Labute approximate surface area is 126 Å². The molecule has 0 fully saturated rings. The van der Waals surface area contributed by atoms with Crippen LogP contribution in [0.2, 0.25) is 5.02 Å². The summed E-state index contributed by atoms with van der Waals surface area (Å²) in [4.78, 5) is 15.6. The van der Waals surface area contributed by atoms with Crippen LogP contribution in [-0.4, -0.2) is 32.4 Å². The maximum absolute atomic E-state index is 11.6. The molecule has 3 N–H and O–H groups in total. The number of aliphatic hydroxyl groups is 1. The molecule has 1 atom stereocenters. The van der Waals surface area contributed by atoms with Crippen LogP contribution in [0.5, 0.6) is 0 Å². The van der Waals surface area contributed by atoms with Gasteiger partial charge in [-0.2, -0.15) is 5.10 Å². The summed E-state index contributed by atoms with van der Waals surface area (Å²) in [6, 6.07) is 6.42. The van der Waals surface area contributed by atoms with Crippen LogP contribution in [0.1, 0.15) is 17.5 Å². The summed E-state index contributed by atoms with van der Waals surface area (Å²) in [5, 5.41) is 19.7. The first-order valence-electron chi connectivity index (χ1n) is 6.34. The lowest BCUT2D eigenvalue weighted by Gasteiger charge is -2.13. The summed E-state index contributed by atoms with van der Waals surface area (Å²) in [6.45, 7) is 0.367. The Morgan fingerprint density at radius 3 is 2.71 bits per heavy atom. The summed E-state index contributed by atoms with van der Waals surface area (Å²) in [5.41, 5.74) is 0.688. The molecule has 0 bridgehead atoms. The molecule has 0 radical (unpaired) electrons. The fourth-order valence-corrected chi connectivity index (χ4v) is 1.82. The fourth-order valence-electron chi connectivity index (χ4n) is 1.69. The van der Waals surface area contributed by atoms with Crippen molar-refractivity contribution in [3.8, 4) is 0 Å². The van der Waals surface area contributed by atoms with Crippen molar-refractivity contribution in [1.82, 2.24) is 25.4 Å². The van der Waals surface area contributed by atoms with E-state index in [4.69, 9.17) is 11.6 Å². The molecule has 0 aliphatic rings. The van der Waals surface area contributed by atoms with Crippen molar-refractivity contribution in [3.05, 3.63) is 47.0 Å². The van der Waals surface area contributed by atoms with Gasteiger partial charge in [0.15, 0.2) is 0 Å². The van der Waals surface area contributed by atoms with Gasteiger partial charge in [-0.1, -0.05) is 23.7 Å². The summed E-state index contributed by atoms with van der Waals surface area (Å²) in [7, 11) is 1.74. The van der Waals surface area contributed by atoms with E-state index in [1.807, 2.05) is 0 Å². The number of aryl methyl sites for hydroxylation is 1. The van der Waals surface area contributed by atoms with Gasteiger partial charge in [-0.25, -0.2) is 9.78 Å². The number of carbonyl (C=O) groups is 1. The molecule has 2 amide bonds. The second-order valence-corrected chi connectivity index (χ2v) is 4.87. The minimum absolute atomic E-state index is 0.103. The van der Waals surface area contributed by atoms with Crippen molar-refractivity contribution in [2.45, 2.75) is 12.6 Å². The van der Waals surface area contributed by atoms with Crippen molar-refractivity contribution >= 4 is 17.6 Å². The smallest absolute Gasteiger partial charge is 0.315 e. The van der Waals surface area contributed by atoms with Crippen LogP contribution in [0.4, 0.5) is 4.79 Å². The van der Waals surface area contributed by atoms with Crippen LogP contribution < -0.4 is 10.6 Å². The number of hydrogen-bond donors (Lipinski definition) is 3. The average Bonchev–Trinajstić information content (AvgIpc) is 2.88. The number of nitrogens with zero attached hydrogens (tertiary/aromatic N) is 3. The van der Waals surface area contributed by atoms with E-state index in [-0.39, 0.29) is 19.1 Å². The van der Waals surface area contributed by atoms with Gasteiger partial charge in [0.05, 0.1) is 12.6 Å². The number of rotatable bonds is 5. The fraction of sp³-hybridized carbons (Fsp3) is 0.308. The predicted octanol–water partition coefficient (Wildman–Crippen LogP) is 1.00. The number of benzene rings is 1. The van der Waals surface area contributed by atoms with E-state index in [2.05, 4.69) is 20.7 Å². The Kier molecular flexibility index (Phi) is 5.13. The van der Waals surface area contributed by atoms with Gasteiger partial charge >= 0.3 is 6.03 Å². The zero-order chi connectivity index (χ0) is 15.2. The Balaban J connectivity index is 1.76. The van der Waals surface area contributed by atoms with Gasteiger partial charge in [0.2, 0.25) is 0 Å². The highest BCUT2D eigenvalue weighted by atomic mass is 35.5. The Morgan fingerprint density at radius 2 is 2.10 bits per heavy atom. The van der Waals surface area contributed by atoms with Crippen LogP contribution in [0.15, 0.2) is 30.6 Å². The van der Waals surface area contributed by atoms with E-state index < -0.39 is 6.10 Å². The van der Waals surface area contributed by atoms with Gasteiger partial charge in [0.1, 0.15) is 12.2 Å². The lowest BCUT2D eigenvalue weighted by atomic mass is 10.1. The molecule has 0 spiro atoms. The van der Waals surface area contributed by atoms with E-state index >= 15 is 0 Å². The zero-order valence-electron chi connectivity index (χ0n) is 11.5. The average molecular weight is 310 g/mol. The van der Waals surface area contributed by atoms with Crippen LogP contribution >= 0.6 is 11.6 Å². The number of aliphatic hydroxyl groups excluding tert-OH is 1. The first kappa shape index (κ1) is 15.3. The van der Waals surface area contributed by atoms with E-state index in [1.54, 1.807) is 36.0 Å². The van der Waals surface area contributed by atoms with E-state index in [1.165, 1.54) is 6.33 Å². The van der Waals surface area contributed by atoms with Gasteiger partial charge in [-0.05, 0) is 17.7 Å². The second kappa shape index (κ2) is 7.05. The topological polar surface area (TPSA) is 92.1 Å². The molecule has 112 valence electrons. The first-order valence-corrected chi connectivity index (χ1v) is 6.72. The van der Waals surface area contributed by atoms with Crippen molar-refractivity contribution in [1.29, 1.82) is 0 Å². The monoisotopic (exact) mass is 309 g/mol. The zero-order valence-corrected chi connectivity index (χ0v) is 12.2. The van der Waals surface area contributed by atoms with E-state index in [0.29, 0.717) is 16.4 Å². The molecule has 0 saturated heterocycles. The molecule has 2 aromatic rings. The third-order valence-corrected chi connectivity index (χ3v) is 3.17. The Hall–Kier alpha value is -2.12.